The van der Waals surface area contributed by atoms with Gasteiger partial charge in [-0.1, -0.05) is 12.1 Å². The van der Waals surface area contributed by atoms with E-state index in [0.717, 1.165) is 0 Å². The van der Waals surface area contributed by atoms with Gasteiger partial charge in [-0.25, -0.2) is 4.39 Å². The van der Waals surface area contributed by atoms with Crippen LogP contribution in [0.1, 0.15) is 22.7 Å². The maximum atomic E-state index is 13.6. The van der Waals surface area contributed by atoms with Crippen LogP contribution in [-0.4, -0.2) is 47.1 Å². The number of rotatable bonds is 5. The predicted octanol–water partition coefficient (Wildman–Crippen LogP) is 2.91. The number of likely N-dealkylation sites (tertiary alicyclic amines) is 1. The van der Waals surface area contributed by atoms with Gasteiger partial charge in [-0.05, 0) is 48.4 Å². The highest BCUT2D eigenvalue weighted by Crippen LogP contribution is 2.40. The number of aromatic hydroxyl groups is 1. The van der Waals surface area contributed by atoms with Crippen molar-refractivity contribution in [3.63, 3.8) is 0 Å². The average Bonchev–Trinajstić information content (AvgIpc) is 2.92. The third kappa shape index (κ3) is 3.48. The Labute approximate surface area is 161 Å². The predicted molar refractivity (Wildman–Crippen MR) is 100 cm³/mol. The molecule has 2 aromatic carbocycles. The van der Waals surface area contributed by atoms with E-state index in [-0.39, 0.29) is 30.0 Å². The highest BCUT2D eigenvalue weighted by molar-refractivity contribution is 6.46. The summed E-state index contributed by atoms with van der Waals surface area (Å²) in [4.78, 5) is 26.6. The first kappa shape index (κ1) is 19.6. The van der Waals surface area contributed by atoms with Gasteiger partial charge >= 0.3 is 0 Å². The number of aliphatic hydroxyl groups is 1. The molecule has 0 aromatic heterocycles. The van der Waals surface area contributed by atoms with Crippen molar-refractivity contribution in [2.45, 2.75) is 13.0 Å². The van der Waals surface area contributed by atoms with Gasteiger partial charge in [-0.15, -0.1) is 0 Å². The summed E-state index contributed by atoms with van der Waals surface area (Å²) < 4.78 is 18.6. The molecule has 0 aliphatic carbocycles. The van der Waals surface area contributed by atoms with Gasteiger partial charge in [0.2, 0.25) is 0 Å². The third-order valence-electron chi connectivity index (χ3n) is 4.69. The molecule has 2 aromatic rings. The van der Waals surface area contributed by atoms with Gasteiger partial charge in [-0.2, -0.15) is 0 Å². The van der Waals surface area contributed by atoms with Crippen LogP contribution >= 0.6 is 0 Å². The second-order valence-electron chi connectivity index (χ2n) is 6.54. The average molecular weight is 385 g/mol. The van der Waals surface area contributed by atoms with Crippen LogP contribution in [0.3, 0.4) is 0 Å². The summed E-state index contributed by atoms with van der Waals surface area (Å²) in [6, 6.07) is 9.19. The lowest BCUT2D eigenvalue weighted by Gasteiger charge is -2.25. The van der Waals surface area contributed by atoms with Crippen LogP contribution in [0.2, 0.25) is 0 Å². The topological polar surface area (TPSA) is 87.1 Å². The Morgan fingerprint density at radius 3 is 2.61 bits per heavy atom. The second kappa shape index (κ2) is 7.82. The number of nitrogens with zero attached hydrogens (tertiary/aromatic N) is 1. The van der Waals surface area contributed by atoms with Gasteiger partial charge in [-0.3, -0.25) is 9.59 Å². The number of ketones is 1. The van der Waals surface area contributed by atoms with E-state index in [9.17, 15) is 24.2 Å². The van der Waals surface area contributed by atoms with Crippen LogP contribution < -0.4 is 0 Å². The molecule has 1 amide bonds. The Morgan fingerprint density at radius 1 is 1.21 bits per heavy atom. The van der Waals surface area contributed by atoms with E-state index in [1.807, 2.05) is 0 Å². The van der Waals surface area contributed by atoms with Crippen LogP contribution in [0.5, 0.6) is 5.75 Å². The lowest BCUT2D eigenvalue weighted by Crippen LogP contribution is -2.32. The summed E-state index contributed by atoms with van der Waals surface area (Å²) in [6.07, 6.45) is 0. The fraction of sp³-hybridized carbons (Fsp3) is 0.238. The van der Waals surface area contributed by atoms with Gasteiger partial charge < -0.3 is 19.8 Å². The summed E-state index contributed by atoms with van der Waals surface area (Å²) in [5.41, 5.74) is 0.883. The number of phenolic OH excluding ortho intramolecular Hbond substituents is 1. The van der Waals surface area contributed by atoms with Gasteiger partial charge in [0, 0.05) is 19.2 Å². The number of ether oxygens (including phenoxy) is 1. The molecule has 3 rings (SSSR count). The molecule has 2 N–H and O–H groups in total. The van der Waals surface area contributed by atoms with Gasteiger partial charge in [0.25, 0.3) is 11.7 Å². The van der Waals surface area contributed by atoms with E-state index < -0.39 is 29.3 Å². The van der Waals surface area contributed by atoms with Gasteiger partial charge in [0.1, 0.15) is 17.3 Å². The monoisotopic (exact) mass is 385 g/mol. The first-order valence-corrected chi connectivity index (χ1v) is 8.68. The minimum absolute atomic E-state index is 0.0348. The van der Waals surface area contributed by atoms with Crippen molar-refractivity contribution in [2.75, 3.05) is 20.3 Å². The largest absolute Gasteiger partial charge is 0.508 e. The van der Waals surface area contributed by atoms with Crippen LogP contribution in [0.25, 0.3) is 5.76 Å². The molecule has 7 heteroatoms. The Bertz CT molecular complexity index is 969. The molecule has 1 aliphatic rings. The number of phenols is 1. The maximum Gasteiger partial charge on any atom is 0.295 e. The zero-order valence-electron chi connectivity index (χ0n) is 15.5. The summed E-state index contributed by atoms with van der Waals surface area (Å²) in [6.45, 7) is 1.86. The number of hydrogen-bond acceptors (Lipinski definition) is 5. The molecule has 1 fully saturated rings. The van der Waals surface area contributed by atoms with Crippen LogP contribution in [-0.2, 0) is 14.3 Å². The molecule has 0 saturated carbocycles. The van der Waals surface area contributed by atoms with Crippen molar-refractivity contribution in [2.24, 2.45) is 0 Å². The first-order valence-electron chi connectivity index (χ1n) is 8.68. The van der Waals surface area contributed by atoms with Crippen molar-refractivity contribution in [1.82, 2.24) is 4.90 Å². The number of benzene rings is 2. The standard InChI is InChI=1S/C21H20FNO5/c1-12-10-14(6-7-16(12)22)19(25)17-18(13-4-3-5-15(24)11-13)23(8-9-28-2)21(27)20(17)26/h3-7,10-11,18,24-25H,8-9H2,1-2H3/b19-17-. The molecule has 146 valence electrons. The molecule has 0 spiro atoms. The molecule has 0 radical (unpaired) electrons. The molecular weight excluding hydrogens is 365 g/mol. The van der Waals surface area contributed by atoms with E-state index in [1.54, 1.807) is 12.1 Å². The first-order chi connectivity index (χ1) is 13.3. The highest BCUT2D eigenvalue weighted by Gasteiger charge is 2.45. The molecule has 28 heavy (non-hydrogen) atoms. The van der Waals surface area contributed by atoms with E-state index in [1.165, 1.54) is 49.3 Å². The van der Waals surface area contributed by atoms with E-state index >= 15 is 0 Å². The molecular formula is C21H20FNO5. The number of carbonyl (C=O) groups excluding carboxylic acids is 2. The molecule has 1 heterocycles. The number of carbonyl (C=O) groups is 2. The molecule has 1 atom stereocenters. The number of aliphatic hydroxyl groups excluding tert-OH is 1. The number of amides is 1. The summed E-state index contributed by atoms with van der Waals surface area (Å²) in [7, 11) is 1.47. The third-order valence-corrected chi connectivity index (χ3v) is 4.69. The fourth-order valence-electron chi connectivity index (χ4n) is 3.29. The highest BCUT2D eigenvalue weighted by atomic mass is 19.1. The number of halogens is 1. The van der Waals surface area contributed by atoms with Crippen LogP contribution in [0.4, 0.5) is 4.39 Å². The van der Waals surface area contributed by atoms with Crippen molar-refractivity contribution < 1.29 is 28.9 Å². The van der Waals surface area contributed by atoms with E-state index in [2.05, 4.69) is 0 Å². The normalized spacial score (nSPS) is 18.7. The molecule has 1 unspecified atom stereocenters. The number of methoxy groups -OCH3 is 1. The lowest BCUT2D eigenvalue weighted by molar-refractivity contribution is -0.140. The number of Topliss-reactive ketones (excluding diaryl/α,β-unsaturated/α-hetero) is 1. The smallest absolute Gasteiger partial charge is 0.295 e. The zero-order valence-corrected chi connectivity index (χ0v) is 15.5. The summed E-state index contributed by atoms with van der Waals surface area (Å²) in [5, 5.41) is 20.7. The maximum absolute atomic E-state index is 13.6. The Kier molecular flexibility index (Phi) is 5.46. The second-order valence-corrected chi connectivity index (χ2v) is 6.54. The summed E-state index contributed by atoms with van der Waals surface area (Å²) in [5.74, 6) is -2.49. The van der Waals surface area contributed by atoms with Crippen molar-refractivity contribution in [1.29, 1.82) is 0 Å². The molecule has 1 aliphatic heterocycles. The molecule has 6 nitrogen and oxygen atoms in total. The Hall–Kier alpha value is -3.19. The summed E-state index contributed by atoms with van der Waals surface area (Å²) >= 11 is 0. The van der Waals surface area contributed by atoms with Crippen molar-refractivity contribution >= 4 is 17.4 Å². The van der Waals surface area contributed by atoms with Crippen molar-refractivity contribution in [3.8, 4) is 5.75 Å². The Balaban J connectivity index is 2.18. The number of aryl methyl sites for hydroxylation is 1. The minimum Gasteiger partial charge on any atom is -0.508 e. The van der Waals surface area contributed by atoms with E-state index in [4.69, 9.17) is 4.74 Å². The van der Waals surface area contributed by atoms with Crippen LogP contribution in [0.15, 0.2) is 48.0 Å². The quantitative estimate of drug-likeness (QED) is 0.470. The van der Waals surface area contributed by atoms with Crippen molar-refractivity contribution in [3.05, 3.63) is 70.5 Å². The van der Waals surface area contributed by atoms with E-state index in [0.29, 0.717) is 11.1 Å². The fourth-order valence-corrected chi connectivity index (χ4v) is 3.29. The SMILES string of the molecule is COCCN1C(=O)C(=O)/C(=C(\O)c2ccc(F)c(C)c2)C1c1cccc(O)c1. The van der Waals surface area contributed by atoms with Gasteiger partial charge in [0.15, 0.2) is 0 Å². The zero-order chi connectivity index (χ0) is 20.4. The lowest BCUT2D eigenvalue weighted by atomic mass is 9.94. The minimum atomic E-state index is -0.896. The van der Waals surface area contributed by atoms with Gasteiger partial charge in [0.05, 0.1) is 18.2 Å². The Morgan fingerprint density at radius 2 is 1.96 bits per heavy atom. The molecule has 0 bridgehead atoms. The number of hydrogen-bond donors (Lipinski definition) is 2. The molecule has 1 saturated heterocycles. The van der Waals surface area contributed by atoms with Crippen LogP contribution in [0, 0.1) is 12.7 Å².